The second-order valence-corrected chi connectivity index (χ2v) is 24.0. The predicted molar refractivity (Wildman–Crippen MR) is 321 cm³/mol. The van der Waals surface area contributed by atoms with Crippen LogP contribution in [0.5, 0.6) is 0 Å². The molecule has 75 heavy (non-hydrogen) atoms. The summed E-state index contributed by atoms with van der Waals surface area (Å²) in [5.41, 5.74) is 0. The number of carbonyl (C=O) groups is 2. The normalized spacial score (nSPS) is 14.1. The third-order valence-corrected chi connectivity index (χ3v) is 14.9. The molecular formula is C65H121N2O7P. The number of hydrogen-bond donors (Lipinski definition) is 1. The van der Waals surface area contributed by atoms with Crippen LogP contribution in [-0.4, -0.2) is 69.4 Å². The summed E-state index contributed by atoms with van der Waals surface area (Å²) in [5, 5.41) is 3.03. The minimum atomic E-state index is -4.70. The van der Waals surface area contributed by atoms with Crippen LogP contribution in [0.3, 0.4) is 0 Å². The van der Waals surface area contributed by atoms with Crippen LogP contribution in [0.2, 0.25) is 0 Å². The fraction of sp³-hybridized carbons (Fsp3) is 0.815. The van der Waals surface area contributed by atoms with Gasteiger partial charge in [0.15, 0.2) is 0 Å². The molecule has 0 heterocycles. The largest absolute Gasteiger partial charge is 0.756 e. The molecule has 0 aliphatic rings. The number of nitrogens with zero attached hydrogens (tertiary/aromatic N) is 1. The number of unbranched alkanes of at least 4 members (excludes halogenated alkanes) is 33. The third kappa shape index (κ3) is 56.2. The Kier molecular flexibility index (Phi) is 53.4. The van der Waals surface area contributed by atoms with E-state index in [0.29, 0.717) is 17.4 Å². The van der Waals surface area contributed by atoms with Gasteiger partial charge in [0.05, 0.1) is 33.8 Å². The number of nitrogens with one attached hydrogen (secondary N) is 1. The Bertz CT molecular complexity index is 1470. The molecule has 9 nitrogen and oxygen atoms in total. The summed E-state index contributed by atoms with van der Waals surface area (Å²) in [5.74, 6) is -0.549. The van der Waals surface area contributed by atoms with Gasteiger partial charge in [-0.2, -0.15) is 0 Å². The number of phosphoric acid groups is 1. The van der Waals surface area contributed by atoms with Crippen molar-refractivity contribution in [2.24, 2.45) is 0 Å². The van der Waals surface area contributed by atoms with Crippen LogP contribution in [0.25, 0.3) is 0 Å². The molecule has 0 bridgehead atoms. The summed E-state index contributed by atoms with van der Waals surface area (Å²) in [6.45, 7) is 6.80. The first kappa shape index (κ1) is 72.7. The highest BCUT2D eigenvalue weighted by molar-refractivity contribution is 7.45. The van der Waals surface area contributed by atoms with Gasteiger partial charge in [-0.3, -0.25) is 14.2 Å². The van der Waals surface area contributed by atoms with Crippen molar-refractivity contribution >= 4 is 19.7 Å². The average Bonchev–Trinajstić information content (AvgIpc) is 3.37. The van der Waals surface area contributed by atoms with Crippen molar-refractivity contribution in [3.8, 4) is 0 Å². The van der Waals surface area contributed by atoms with E-state index in [0.717, 1.165) is 96.3 Å². The molecular weight excluding hydrogens is 952 g/mol. The molecule has 3 atom stereocenters. The molecule has 0 aromatic heterocycles. The maximum atomic E-state index is 13.5. The van der Waals surface area contributed by atoms with Crippen LogP contribution in [0.4, 0.5) is 0 Å². The van der Waals surface area contributed by atoms with Gasteiger partial charge in [0, 0.05) is 12.8 Å². The molecule has 0 saturated heterocycles. The SMILES string of the molecule is CCCCC/C=C\C/C=C\CCCCCCCCCCCC(=O)OC(/C=C/CCCCCCCCCCCCC)C(COP(=O)([O-])OCC[N+](C)(C)C)NC(=O)CCCCCCCCC/C=C\C/C=C\CCCCC. The molecule has 0 rings (SSSR count). The minimum Gasteiger partial charge on any atom is -0.756 e. The van der Waals surface area contributed by atoms with E-state index < -0.39 is 26.6 Å². The Balaban J connectivity index is 5.29. The highest BCUT2D eigenvalue weighted by atomic mass is 31.2. The van der Waals surface area contributed by atoms with Gasteiger partial charge in [0.2, 0.25) is 5.91 Å². The van der Waals surface area contributed by atoms with E-state index in [2.05, 4.69) is 74.7 Å². The lowest BCUT2D eigenvalue weighted by Gasteiger charge is -2.30. The lowest BCUT2D eigenvalue weighted by molar-refractivity contribution is -0.870. The lowest BCUT2D eigenvalue weighted by Crippen LogP contribution is -2.47. The van der Waals surface area contributed by atoms with Gasteiger partial charge in [0.25, 0.3) is 7.82 Å². The molecule has 1 amide bonds. The average molecular weight is 1070 g/mol. The van der Waals surface area contributed by atoms with Gasteiger partial charge in [0.1, 0.15) is 19.3 Å². The number of phosphoric ester groups is 1. The molecule has 0 aromatic carbocycles. The van der Waals surface area contributed by atoms with Crippen molar-refractivity contribution in [3.63, 3.8) is 0 Å². The van der Waals surface area contributed by atoms with E-state index in [1.54, 1.807) is 0 Å². The van der Waals surface area contributed by atoms with Gasteiger partial charge >= 0.3 is 5.97 Å². The van der Waals surface area contributed by atoms with Crippen molar-refractivity contribution in [3.05, 3.63) is 60.8 Å². The molecule has 0 aliphatic heterocycles. The number of rotatable bonds is 57. The Morgan fingerprint density at radius 2 is 0.813 bits per heavy atom. The van der Waals surface area contributed by atoms with Crippen molar-refractivity contribution < 1.29 is 37.3 Å². The van der Waals surface area contributed by atoms with Crippen molar-refractivity contribution in [2.75, 3.05) is 40.9 Å². The monoisotopic (exact) mass is 1070 g/mol. The third-order valence-electron chi connectivity index (χ3n) is 13.9. The first-order chi connectivity index (χ1) is 36.4. The van der Waals surface area contributed by atoms with E-state index in [9.17, 15) is 19.0 Å². The first-order valence-corrected chi connectivity index (χ1v) is 33.1. The molecule has 0 aliphatic carbocycles. The van der Waals surface area contributed by atoms with Gasteiger partial charge in [-0.1, -0.05) is 242 Å². The zero-order valence-electron chi connectivity index (χ0n) is 50.0. The number of allylic oxidation sites excluding steroid dienone is 9. The van der Waals surface area contributed by atoms with E-state index >= 15 is 0 Å². The quantitative estimate of drug-likeness (QED) is 0.0212. The Morgan fingerprint density at radius 1 is 0.467 bits per heavy atom. The molecule has 438 valence electrons. The molecule has 0 radical (unpaired) electrons. The molecule has 3 unspecified atom stereocenters. The molecule has 0 spiro atoms. The minimum absolute atomic E-state index is 0.0255. The van der Waals surface area contributed by atoms with Crippen LogP contribution in [0, 0.1) is 0 Å². The first-order valence-electron chi connectivity index (χ1n) is 31.6. The number of quaternary nitrogens is 1. The maximum Gasteiger partial charge on any atom is 0.306 e. The van der Waals surface area contributed by atoms with Crippen LogP contribution < -0.4 is 10.2 Å². The Labute approximate surface area is 464 Å². The summed E-state index contributed by atoms with van der Waals surface area (Å²) in [7, 11) is 1.18. The summed E-state index contributed by atoms with van der Waals surface area (Å²) in [6.07, 6.45) is 68.9. The number of likely N-dealkylation sites (N-methyl/N-ethyl adjacent to an activating group) is 1. The van der Waals surface area contributed by atoms with Crippen molar-refractivity contribution in [1.29, 1.82) is 0 Å². The van der Waals surface area contributed by atoms with Crippen molar-refractivity contribution in [2.45, 2.75) is 303 Å². The van der Waals surface area contributed by atoms with Gasteiger partial charge in [-0.15, -0.1) is 0 Å². The molecule has 1 N–H and O–H groups in total. The highest BCUT2D eigenvalue weighted by Crippen LogP contribution is 2.38. The van der Waals surface area contributed by atoms with Gasteiger partial charge < -0.3 is 28.5 Å². The smallest absolute Gasteiger partial charge is 0.306 e. The zero-order chi connectivity index (χ0) is 55.0. The second kappa shape index (κ2) is 55.0. The van der Waals surface area contributed by atoms with Gasteiger partial charge in [-0.25, -0.2) is 0 Å². The number of ether oxygens (including phenoxy) is 1. The van der Waals surface area contributed by atoms with E-state index in [-0.39, 0.29) is 24.9 Å². The highest BCUT2D eigenvalue weighted by Gasteiger charge is 2.27. The molecule has 10 heteroatoms. The summed E-state index contributed by atoms with van der Waals surface area (Å²) in [4.78, 5) is 40.0. The second-order valence-electron chi connectivity index (χ2n) is 22.6. The number of esters is 1. The fourth-order valence-corrected chi connectivity index (χ4v) is 9.72. The Hall–Kier alpha value is -2.29. The summed E-state index contributed by atoms with van der Waals surface area (Å²) in [6, 6.07) is -0.895. The standard InChI is InChI=1S/C65H121N2O7P/c1-7-10-13-16-19-22-25-28-30-32-33-35-37-40-43-46-49-52-55-58-65(69)74-63(56-53-50-47-44-41-38-27-24-21-18-15-12-9-3)62(61-73-75(70,71)72-60-59-67(4,5)6)66-64(68)57-54-51-48-45-42-39-36-34-31-29-26-23-20-17-14-11-8-2/h19-20,22-23,28-31,53,56,62-63H,7-18,21,24-27,32-52,54-55,57-61H2,1-6H3,(H-,66,68,70,71)/b22-19-,23-20-,30-28-,31-29-,56-53+. The summed E-state index contributed by atoms with van der Waals surface area (Å²) >= 11 is 0. The number of carbonyl (C=O) groups excluding carboxylic acids is 2. The van der Waals surface area contributed by atoms with Crippen LogP contribution in [-0.2, 0) is 27.9 Å². The van der Waals surface area contributed by atoms with Crippen LogP contribution in [0.15, 0.2) is 60.8 Å². The maximum absolute atomic E-state index is 13.5. The molecule has 0 aromatic rings. The van der Waals surface area contributed by atoms with E-state index in [4.69, 9.17) is 13.8 Å². The fourth-order valence-electron chi connectivity index (χ4n) is 8.99. The van der Waals surface area contributed by atoms with E-state index in [1.807, 2.05) is 33.3 Å². The zero-order valence-corrected chi connectivity index (χ0v) is 50.9. The van der Waals surface area contributed by atoms with Gasteiger partial charge in [-0.05, 0) is 96.0 Å². The molecule has 0 saturated carbocycles. The van der Waals surface area contributed by atoms with Crippen molar-refractivity contribution in [1.82, 2.24) is 5.32 Å². The number of amides is 1. The predicted octanol–water partition coefficient (Wildman–Crippen LogP) is 18.8. The van der Waals surface area contributed by atoms with Crippen LogP contribution >= 0.6 is 7.82 Å². The van der Waals surface area contributed by atoms with E-state index in [1.165, 1.54) is 161 Å². The Morgan fingerprint density at radius 3 is 1.23 bits per heavy atom. The topological polar surface area (TPSA) is 114 Å². The number of hydrogen-bond acceptors (Lipinski definition) is 7. The lowest BCUT2D eigenvalue weighted by atomic mass is 10.0. The molecule has 0 fully saturated rings. The summed E-state index contributed by atoms with van der Waals surface area (Å²) < 4.78 is 30.3. The van der Waals surface area contributed by atoms with Crippen LogP contribution in [0.1, 0.15) is 290 Å².